The molecule has 2 aromatic heterocycles. The van der Waals surface area contributed by atoms with Crippen molar-refractivity contribution in [1.82, 2.24) is 10.1 Å². The van der Waals surface area contributed by atoms with E-state index >= 15 is 0 Å². The summed E-state index contributed by atoms with van der Waals surface area (Å²) in [6.45, 7) is 1.96. The van der Waals surface area contributed by atoms with Gasteiger partial charge in [-0.1, -0.05) is 5.16 Å². The maximum absolute atomic E-state index is 12.0. The van der Waals surface area contributed by atoms with Crippen molar-refractivity contribution in [3.05, 3.63) is 51.6 Å². The lowest BCUT2D eigenvalue weighted by Crippen LogP contribution is -2.13. The van der Waals surface area contributed by atoms with Crippen molar-refractivity contribution in [2.45, 2.75) is 19.8 Å². The Labute approximate surface area is 146 Å². The minimum Gasteiger partial charge on any atom is -0.461 e. The molecule has 0 aliphatic carbocycles. The number of carbonyl (C=O) groups excluding carboxylic acids is 1. The summed E-state index contributed by atoms with van der Waals surface area (Å²) in [5, 5.41) is 6.72. The number of aromatic nitrogens is 2. The standard InChI is InChI=1S/C16H14IN3O3/c1-10-9-11(17)4-5-12(10)18-14(21)6-7-15-19-16(20-23-15)13-3-2-8-22-13/h2-5,8-9H,6-7H2,1H3,(H,18,21). The van der Waals surface area contributed by atoms with E-state index in [1.54, 1.807) is 18.4 Å². The van der Waals surface area contributed by atoms with Crippen molar-refractivity contribution >= 4 is 34.2 Å². The lowest BCUT2D eigenvalue weighted by atomic mass is 10.2. The van der Waals surface area contributed by atoms with E-state index in [1.165, 1.54) is 0 Å². The third-order valence-electron chi connectivity index (χ3n) is 3.24. The van der Waals surface area contributed by atoms with Crippen LogP contribution < -0.4 is 5.32 Å². The van der Waals surface area contributed by atoms with Gasteiger partial charge in [0.2, 0.25) is 17.6 Å². The molecule has 2 heterocycles. The van der Waals surface area contributed by atoms with Gasteiger partial charge in [0.1, 0.15) is 0 Å². The van der Waals surface area contributed by atoms with Crippen LogP contribution in [0, 0.1) is 10.5 Å². The number of furan rings is 1. The number of halogens is 1. The molecule has 7 heteroatoms. The number of hydrogen-bond donors (Lipinski definition) is 1. The van der Waals surface area contributed by atoms with Crippen LogP contribution in [-0.2, 0) is 11.2 Å². The molecule has 0 aliphatic heterocycles. The summed E-state index contributed by atoms with van der Waals surface area (Å²) in [6, 6.07) is 9.38. The van der Waals surface area contributed by atoms with Crippen LogP contribution in [0.2, 0.25) is 0 Å². The zero-order valence-electron chi connectivity index (χ0n) is 12.4. The van der Waals surface area contributed by atoms with Crippen LogP contribution in [0.4, 0.5) is 5.69 Å². The summed E-state index contributed by atoms with van der Waals surface area (Å²) in [7, 11) is 0. The quantitative estimate of drug-likeness (QED) is 0.632. The number of aryl methyl sites for hydroxylation is 2. The minimum absolute atomic E-state index is 0.0907. The summed E-state index contributed by atoms with van der Waals surface area (Å²) in [5.74, 6) is 1.25. The Morgan fingerprint density at radius 3 is 2.96 bits per heavy atom. The largest absolute Gasteiger partial charge is 0.461 e. The van der Waals surface area contributed by atoms with Crippen molar-refractivity contribution in [1.29, 1.82) is 0 Å². The fourth-order valence-corrected chi connectivity index (χ4v) is 2.71. The molecule has 3 aromatic rings. The molecule has 1 aromatic carbocycles. The molecule has 1 N–H and O–H groups in total. The molecule has 0 bridgehead atoms. The number of nitrogens with zero attached hydrogens (tertiary/aromatic N) is 2. The summed E-state index contributed by atoms with van der Waals surface area (Å²) in [6.07, 6.45) is 2.19. The highest BCUT2D eigenvalue weighted by molar-refractivity contribution is 14.1. The topological polar surface area (TPSA) is 81.2 Å². The van der Waals surface area contributed by atoms with Gasteiger partial charge in [-0.2, -0.15) is 4.98 Å². The number of benzene rings is 1. The van der Waals surface area contributed by atoms with Gasteiger partial charge in [-0.05, 0) is 65.4 Å². The number of carbonyl (C=O) groups is 1. The first-order valence-corrected chi connectivity index (χ1v) is 8.12. The molecule has 0 saturated carbocycles. The highest BCUT2D eigenvalue weighted by atomic mass is 127. The van der Waals surface area contributed by atoms with E-state index in [9.17, 15) is 4.79 Å². The predicted molar refractivity (Wildman–Crippen MR) is 92.8 cm³/mol. The molecule has 0 radical (unpaired) electrons. The van der Waals surface area contributed by atoms with Crippen LogP contribution in [0.1, 0.15) is 17.9 Å². The fourth-order valence-electron chi connectivity index (χ4n) is 2.06. The first-order chi connectivity index (χ1) is 11.1. The fraction of sp³-hybridized carbons (Fsp3) is 0.188. The number of nitrogens with one attached hydrogen (secondary N) is 1. The van der Waals surface area contributed by atoms with Gasteiger partial charge >= 0.3 is 0 Å². The summed E-state index contributed by atoms with van der Waals surface area (Å²) in [4.78, 5) is 16.2. The van der Waals surface area contributed by atoms with Crippen LogP contribution >= 0.6 is 22.6 Å². The Bertz CT molecular complexity index is 812. The molecule has 0 unspecified atom stereocenters. The van der Waals surface area contributed by atoms with Gasteiger partial charge in [0.25, 0.3) is 0 Å². The molecule has 118 valence electrons. The summed E-state index contributed by atoms with van der Waals surface area (Å²) in [5.41, 5.74) is 1.85. The molecular formula is C16H14IN3O3. The second kappa shape index (κ2) is 6.95. The van der Waals surface area contributed by atoms with E-state index in [0.29, 0.717) is 23.9 Å². The average molecular weight is 423 g/mol. The highest BCUT2D eigenvalue weighted by Gasteiger charge is 2.12. The lowest BCUT2D eigenvalue weighted by Gasteiger charge is -2.08. The Balaban J connectivity index is 1.57. The van der Waals surface area contributed by atoms with E-state index in [-0.39, 0.29) is 12.3 Å². The zero-order chi connectivity index (χ0) is 16.2. The van der Waals surface area contributed by atoms with Gasteiger partial charge in [0.05, 0.1) is 6.26 Å². The molecule has 6 nitrogen and oxygen atoms in total. The molecule has 23 heavy (non-hydrogen) atoms. The SMILES string of the molecule is Cc1cc(I)ccc1NC(=O)CCc1nc(-c2ccco2)no1. The molecule has 0 aliphatic rings. The second-order valence-corrected chi connectivity index (χ2v) is 6.24. The average Bonchev–Trinajstić information content (AvgIpc) is 3.18. The Hall–Kier alpha value is -2.16. The zero-order valence-corrected chi connectivity index (χ0v) is 14.5. The molecule has 0 spiro atoms. The highest BCUT2D eigenvalue weighted by Crippen LogP contribution is 2.19. The second-order valence-electron chi connectivity index (χ2n) is 5.00. The maximum Gasteiger partial charge on any atom is 0.238 e. The number of rotatable bonds is 5. The monoisotopic (exact) mass is 423 g/mol. The van der Waals surface area contributed by atoms with Crippen molar-refractivity contribution < 1.29 is 13.7 Å². The molecule has 0 fully saturated rings. The van der Waals surface area contributed by atoms with Crippen molar-refractivity contribution in [3.8, 4) is 11.6 Å². The van der Waals surface area contributed by atoms with Crippen LogP contribution in [-0.4, -0.2) is 16.0 Å². The van der Waals surface area contributed by atoms with Crippen molar-refractivity contribution in [2.24, 2.45) is 0 Å². The molecular weight excluding hydrogens is 409 g/mol. The van der Waals surface area contributed by atoms with Gasteiger partial charge < -0.3 is 14.3 Å². The van der Waals surface area contributed by atoms with Gasteiger partial charge in [-0.25, -0.2) is 0 Å². The van der Waals surface area contributed by atoms with Crippen LogP contribution in [0.3, 0.4) is 0 Å². The molecule has 1 amide bonds. The minimum atomic E-state index is -0.0907. The smallest absolute Gasteiger partial charge is 0.238 e. The molecule has 0 saturated heterocycles. The third kappa shape index (κ3) is 3.98. The normalized spacial score (nSPS) is 10.7. The first-order valence-electron chi connectivity index (χ1n) is 7.04. The maximum atomic E-state index is 12.0. The van der Waals surface area contributed by atoms with Gasteiger partial charge in [-0.15, -0.1) is 0 Å². The van der Waals surface area contributed by atoms with E-state index in [1.807, 2.05) is 25.1 Å². The summed E-state index contributed by atoms with van der Waals surface area (Å²) < 4.78 is 11.5. The predicted octanol–water partition coefficient (Wildman–Crippen LogP) is 3.81. The van der Waals surface area contributed by atoms with E-state index in [2.05, 4.69) is 38.0 Å². The Kier molecular flexibility index (Phi) is 4.75. The first kappa shape index (κ1) is 15.7. The van der Waals surface area contributed by atoms with Gasteiger partial charge in [-0.3, -0.25) is 4.79 Å². The van der Waals surface area contributed by atoms with Crippen LogP contribution in [0.5, 0.6) is 0 Å². The molecule has 3 rings (SSSR count). The number of amides is 1. The van der Waals surface area contributed by atoms with E-state index < -0.39 is 0 Å². The van der Waals surface area contributed by atoms with E-state index in [4.69, 9.17) is 8.94 Å². The van der Waals surface area contributed by atoms with E-state index in [0.717, 1.165) is 14.8 Å². The Morgan fingerprint density at radius 2 is 2.22 bits per heavy atom. The lowest BCUT2D eigenvalue weighted by molar-refractivity contribution is -0.116. The Morgan fingerprint density at radius 1 is 1.35 bits per heavy atom. The summed E-state index contributed by atoms with van der Waals surface area (Å²) >= 11 is 2.24. The third-order valence-corrected chi connectivity index (χ3v) is 3.91. The molecule has 0 atom stereocenters. The number of anilines is 1. The van der Waals surface area contributed by atoms with Crippen molar-refractivity contribution in [2.75, 3.05) is 5.32 Å². The van der Waals surface area contributed by atoms with Gasteiger partial charge in [0, 0.05) is 22.1 Å². The van der Waals surface area contributed by atoms with Crippen LogP contribution in [0.25, 0.3) is 11.6 Å². The number of hydrogen-bond acceptors (Lipinski definition) is 5. The van der Waals surface area contributed by atoms with Crippen molar-refractivity contribution in [3.63, 3.8) is 0 Å². The van der Waals surface area contributed by atoms with Gasteiger partial charge in [0.15, 0.2) is 5.76 Å². The van der Waals surface area contributed by atoms with Crippen LogP contribution in [0.15, 0.2) is 45.5 Å².